The molecule has 0 bridgehead atoms. The Morgan fingerprint density at radius 1 is 1.47 bits per heavy atom. The topological polar surface area (TPSA) is 35.2 Å². The van der Waals surface area contributed by atoms with Gasteiger partial charge in [-0.3, -0.25) is 0 Å². The number of rotatable bonds is 4. The zero-order valence-corrected chi connectivity index (χ0v) is 9.02. The van der Waals surface area contributed by atoms with Gasteiger partial charge in [-0.05, 0) is 30.2 Å². The number of aryl methyl sites for hydroxylation is 1. The molecule has 1 aromatic carbocycles. The predicted octanol–water partition coefficient (Wildman–Crippen LogP) is 2.93. The molecule has 1 aromatic rings. The van der Waals surface area contributed by atoms with Gasteiger partial charge in [-0.15, -0.1) is 0 Å². The van der Waals surface area contributed by atoms with Gasteiger partial charge >= 0.3 is 5.38 Å². The Labute approximate surface area is 92.0 Å². The molecule has 0 fully saturated rings. The lowest BCUT2D eigenvalue weighted by atomic mass is 10.1. The van der Waals surface area contributed by atoms with Crippen LogP contribution in [0, 0.1) is 6.92 Å². The van der Waals surface area contributed by atoms with Crippen LogP contribution in [-0.4, -0.2) is 12.0 Å². The summed E-state index contributed by atoms with van der Waals surface area (Å²) >= 11 is 4.67. The first kappa shape index (κ1) is 12.2. The zero-order chi connectivity index (χ0) is 11.5. The van der Waals surface area contributed by atoms with Crippen LogP contribution in [0.2, 0.25) is 0 Å². The molecule has 0 aliphatic heterocycles. The van der Waals surface area contributed by atoms with Crippen molar-refractivity contribution in [3.05, 3.63) is 29.3 Å². The highest BCUT2D eigenvalue weighted by atomic mass is 35.5. The second-order valence-corrected chi connectivity index (χ2v) is 3.86. The van der Waals surface area contributed by atoms with Crippen molar-refractivity contribution in [2.75, 3.05) is 12.3 Å². The second kappa shape index (κ2) is 4.77. The Hall–Kier alpha value is -0.870. The van der Waals surface area contributed by atoms with Crippen LogP contribution in [0.15, 0.2) is 18.2 Å². The smallest absolute Gasteiger partial charge is 0.344 e. The number of anilines is 1. The van der Waals surface area contributed by atoms with E-state index in [0.29, 0.717) is 11.3 Å². The summed E-state index contributed by atoms with van der Waals surface area (Å²) in [5.41, 5.74) is 7.90. The lowest BCUT2D eigenvalue weighted by Gasteiger charge is -2.10. The minimum absolute atomic E-state index is 0.0361. The fourth-order valence-corrected chi connectivity index (χ4v) is 1.20. The molecule has 2 N–H and O–H groups in total. The van der Waals surface area contributed by atoms with E-state index >= 15 is 0 Å². The molecule has 0 aliphatic rings. The molecule has 0 saturated heterocycles. The van der Waals surface area contributed by atoms with Crippen molar-refractivity contribution in [1.29, 1.82) is 0 Å². The van der Waals surface area contributed by atoms with Gasteiger partial charge in [0.1, 0.15) is 6.61 Å². The van der Waals surface area contributed by atoms with Crippen molar-refractivity contribution in [2.24, 2.45) is 0 Å². The van der Waals surface area contributed by atoms with Crippen LogP contribution in [0.5, 0.6) is 0 Å². The number of benzene rings is 1. The quantitative estimate of drug-likeness (QED) is 0.643. The molecule has 15 heavy (non-hydrogen) atoms. The Kier molecular flexibility index (Phi) is 3.88. The summed E-state index contributed by atoms with van der Waals surface area (Å²) < 4.78 is 29.1. The molecule has 0 atom stereocenters. The number of hydrogen-bond acceptors (Lipinski definition) is 2. The number of halogens is 3. The van der Waals surface area contributed by atoms with Crippen molar-refractivity contribution in [3.63, 3.8) is 0 Å². The first-order valence-electron chi connectivity index (χ1n) is 4.38. The average Bonchev–Trinajstić information content (AvgIpc) is 2.07. The van der Waals surface area contributed by atoms with E-state index < -0.39 is 12.0 Å². The first-order valence-corrected chi connectivity index (χ1v) is 4.76. The highest BCUT2D eigenvalue weighted by Crippen LogP contribution is 2.20. The van der Waals surface area contributed by atoms with Crippen LogP contribution in [0.25, 0.3) is 0 Å². The molecule has 2 nitrogen and oxygen atoms in total. The summed E-state index contributed by atoms with van der Waals surface area (Å²) in [6.07, 6.45) is 0. The minimum atomic E-state index is -3.32. The van der Waals surface area contributed by atoms with E-state index in [0.717, 1.165) is 5.56 Å². The summed E-state index contributed by atoms with van der Waals surface area (Å²) in [5, 5.41) is -3.32. The molecule has 0 saturated carbocycles. The molecular weight excluding hydrogens is 224 g/mol. The maximum Gasteiger partial charge on any atom is 0.344 e. The Balaban J connectivity index is 2.51. The van der Waals surface area contributed by atoms with Gasteiger partial charge in [0, 0.05) is 11.3 Å². The number of nitrogens with two attached hydrogens (primary N) is 1. The fourth-order valence-electron chi connectivity index (χ4n) is 1.12. The highest BCUT2D eigenvalue weighted by molar-refractivity contribution is 6.21. The number of nitrogen functional groups attached to an aromatic ring is 1. The van der Waals surface area contributed by atoms with E-state index in [4.69, 9.17) is 10.5 Å². The standard InChI is InChI=1S/C10H12ClF2NO/c1-7-2-3-8(9(14)4-7)5-15-6-10(11,12)13/h2-4H,5-6,14H2,1H3. The van der Waals surface area contributed by atoms with E-state index in [2.05, 4.69) is 11.6 Å². The van der Waals surface area contributed by atoms with Gasteiger partial charge in [-0.25, -0.2) is 0 Å². The Bertz CT molecular complexity index is 339. The van der Waals surface area contributed by atoms with Gasteiger partial charge in [0.2, 0.25) is 0 Å². The molecule has 0 heterocycles. The predicted molar refractivity (Wildman–Crippen MR) is 56.0 cm³/mol. The number of alkyl halides is 3. The van der Waals surface area contributed by atoms with Crippen LogP contribution in [-0.2, 0) is 11.3 Å². The molecule has 0 spiro atoms. The summed E-state index contributed by atoms with van der Waals surface area (Å²) in [4.78, 5) is 0. The molecule has 84 valence electrons. The summed E-state index contributed by atoms with van der Waals surface area (Å²) in [6.45, 7) is 1.12. The Morgan fingerprint density at radius 2 is 2.13 bits per heavy atom. The molecule has 0 radical (unpaired) electrons. The van der Waals surface area contributed by atoms with Crippen molar-refractivity contribution in [3.8, 4) is 0 Å². The average molecular weight is 236 g/mol. The number of hydrogen-bond donors (Lipinski definition) is 1. The zero-order valence-electron chi connectivity index (χ0n) is 8.27. The highest BCUT2D eigenvalue weighted by Gasteiger charge is 2.24. The molecular formula is C10H12ClF2NO. The van der Waals surface area contributed by atoms with Gasteiger partial charge in [-0.1, -0.05) is 12.1 Å². The molecule has 0 aromatic heterocycles. The van der Waals surface area contributed by atoms with E-state index in [-0.39, 0.29) is 6.61 Å². The van der Waals surface area contributed by atoms with E-state index in [1.165, 1.54) is 0 Å². The van der Waals surface area contributed by atoms with Crippen LogP contribution in [0.4, 0.5) is 14.5 Å². The first-order chi connectivity index (χ1) is 6.88. The third kappa shape index (κ3) is 4.44. The van der Waals surface area contributed by atoms with E-state index in [9.17, 15) is 8.78 Å². The van der Waals surface area contributed by atoms with Gasteiger partial charge in [0.15, 0.2) is 0 Å². The van der Waals surface area contributed by atoms with E-state index in [1.807, 2.05) is 13.0 Å². The van der Waals surface area contributed by atoms with E-state index in [1.54, 1.807) is 12.1 Å². The van der Waals surface area contributed by atoms with Gasteiger partial charge in [-0.2, -0.15) is 8.78 Å². The van der Waals surface area contributed by atoms with Gasteiger partial charge < -0.3 is 10.5 Å². The summed E-state index contributed by atoms with van der Waals surface area (Å²) in [5.74, 6) is 0. The third-order valence-corrected chi connectivity index (χ3v) is 1.93. The maximum absolute atomic E-state index is 12.2. The Morgan fingerprint density at radius 3 is 2.67 bits per heavy atom. The van der Waals surface area contributed by atoms with Crippen molar-refractivity contribution < 1.29 is 13.5 Å². The third-order valence-electron chi connectivity index (χ3n) is 1.82. The largest absolute Gasteiger partial charge is 0.398 e. The maximum atomic E-state index is 12.2. The fraction of sp³-hybridized carbons (Fsp3) is 0.400. The van der Waals surface area contributed by atoms with Crippen LogP contribution in [0.3, 0.4) is 0 Å². The number of ether oxygens (including phenoxy) is 1. The normalized spacial score (nSPS) is 11.7. The van der Waals surface area contributed by atoms with Gasteiger partial charge in [0.25, 0.3) is 0 Å². The SMILES string of the molecule is Cc1ccc(COCC(F)(F)Cl)c(N)c1. The molecule has 5 heteroatoms. The van der Waals surface area contributed by atoms with Gasteiger partial charge in [0.05, 0.1) is 6.61 Å². The molecule has 0 amide bonds. The lowest BCUT2D eigenvalue weighted by molar-refractivity contribution is -0.0201. The molecule has 0 unspecified atom stereocenters. The molecule has 1 rings (SSSR count). The summed E-state index contributed by atoms with van der Waals surface area (Å²) in [6, 6.07) is 5.35. The molecule has 0 aliphatic carbocycles. The second-order valence-electron chi connectivity index (χ2n) is 3.31. The monoisotopic (exact) mass is 235 g/mol. The summed E-state index contributed by atoms with van der Waals surface area (Å²) in [7, 11) is 0. The van der Waals surface area contributed by atoms with Crippen molar-refractivity contribution in [1.82, 2.24) is 0 Å². The van der Waals surface area contributed by atoms with Crippen molar-refractivity contribution >= 4 is 17.3 Å². The lowest BCUT2D eigenvalue weighted by Crippen LogP contribution is -2.15. The van der Waals surface area contributed by atoms with Crippen LogP contribution < -0.4 is 5.73 Å². The van der Waals surface area contributed by atoms with Crippen LogP contribution in [0.1, 0.15) is 11.1 Å². The van der Waals surface area contributed by atoms with Crippen molar-refractivity contribution in [2.45, 2.75) is 18.9 Å². The minimum Gasteiger partial charge on any atom is -0.398 e. The van der Waals surface area contributed by atoms with Crippen LogP contribution >= 0.6 is 11.6 Å².